The molecule has 0 fully saturated rings. The van der Waals surface area contributed by atoms with Gasteiger partial charge in [-0.3, -0.25) is 14.6 Å². The van der Waals surface area contributed by atoms with E-state index in [2.05, 4.69) is 19.2 Å². The quantitative estimate of drug-likeness (QED) is 0.668. The van der Waals surface area contributed by atoms with Crippen LogP contribution in [-0.2, 0) is 16.1 Å². The molecule has 2 amide bonds. The van der Waals surface area contributed by atoms with Gasteiger partial charge in [-0.2, -0.15) is 0 Å². The van der Waals surface area contributed by atoms with E-state index in [0.717, 1.165) is 22.6 Å². The molecular weight excluding hydrogens is 436 g/mol. The van der Waals surface area contributed by atoms with Gasteiger partial charge in [0.25, 0.3) is 5.91 Å². The number of benzene rings is 2. The Morgan fingerprint density at radius 2 is 1.97 bits per heavy atom. The van der Waals surface area contributed by atoms with Crippen molar-refractivity contribution in [3.8, 4) is 5.75 Å². The van der Waals surface area contributed by atoms with Crippen molar-refractivity contribution < 1.29 is 14.3 Å². The first-order valence-electron chi connectivity index (χ1n) is 11.0. The Bertz CT molecular complexity index is 1130. The van der Waals surface area contributed by atoms with Crippen molar-refractivity contribution >= 4 is 40.3 Å². The smallest absolute Gasteiger partial charge is 0.259 e. The van der Waals surface area contributed by atoms with Gasteiger partial charge in [0.2, 0.25) is 5.91 Å². The molecule has 2 aromatic carbocycles. The monoisotopic (exact) mass is 464 g/mol. The van der Waals surface area contributed by atoms with Gasteiger partial charge in [-0.05, 0) is 49.1 Å². The van der Waals surface area contributed by atoms with E-state index in [4.69, 9.17) is 14.7 Å². The predicted octanol–water partition coefficient (Wildman–Crippen LogP) is 4.14. The number of carbonyl (C=O) groups excluding carboxylic acids is 2. The van der Waals surface area contributed by atoms with Crippen molar-refractivity contribution in [2.24, 2.45) is 15.9 Å². The van der Waals surface area contributed by atoms with Gasteiger partial charge in [0.05, 0.1) is 18.0 Å². The van der Waals surface area contributed by atoms with E-state index in [9.17, 15) is 9.59 Å². The lowest BCUT2D eigenvalue weighted by atomic mass is 10.0. The number of aliphatic imine (C=N–C) groups is 2. The molecule has 0 aromatic heterocycles. The van der Waals surface area contributed by atoms with Crippen molar-refractivity contribution in [3.63, 3.8) is 0 Å². The summed E-state index contributed by atoms with van der Waals surface area (Å²) in [6.07, 6.45) is 0.676. The van der Waals surface area contributed by atoms with Crippen LogP contribution in [-0.4, -0.2) is 46.1 Å². The Kier molecular flexibility index (Phi) is 6.83. The molecule has 2 aliphatic rings. The van der Waals surface area contributed by atoms with Gasteiger partial charge < -0.3 is 10.1 Å². The predicted molar refractivity (Wildman–Crippen MR) is 132 cm³/mol. The SMILES string of the molecule is COc1cccc(CNC(=O)C(C)SC2=Nc3ccccc3C3=NC(CC(C)C)C(=O)N23)c1. The topological polar surface area (TPSA) is 83.4 Å². The number of ether oxygens (including phenoxy) is 1. The lowest BCUT2D eigenvalue weighted by Crippen LogP contribution is -2.43. The Morgan fingerprint density at radius 3 is 2.73 bits per heavy atom. The first-order chi connectivity index (χ1) is 15.9. The van der Waals surface area contributed by atoms with E-state index >= 15 is 0 Å². The number of rotatable bonds is 7. The van der Waals surface area contributed by atoms with E-state index < -0.39 is 11.3 Å². The third-order valence-corrected chi connectivity index (χ3v) is 6.55. The highest BCUT2D eigenvalue weighted by Crippen LogP contribution is 2.35. The van der Waals surface area contributed by atoms with Gasteiger partial charge in [0, 0.05) is 12.1 Å². The molecule has 172 valence electrons. The summed E-state index contributed by atoms with van der Waals surface area (Å²) in [5.41, 5.74) is 2.55. The average molecular weight is 465 g/mol. The Balaban J connectivity index is 1.50. The molecule has 0 spiro atoms. The van der Waals surface area contributed by atoms with E-state index in [1.165, 1.54) is 11.8 Å². The molecule has 0 aliphatic carbocycles. The minimum atomic E-state index is -0.446. The normalized spacial score (nSPS) is 17.8. The summed E-state index contributed by atoms with van der Waals surface area (Å²) in [4.78, 5) is 37.1. The molecule has 8 heteroatoms. The Labute approximate surface area is 198 Å². The van der Waals surface area contributed by atoms with E-state index in [0.29, 0.717) is 29.9 Å². The number of amidine groups is 2. The summed E-state index contributed by atoms with van der Waals surface area (Å²) < 4.78 is 5.24. The van der Waals surface area contributed by atoms with Crippen LogP contribution in [0.4, 0.5) is 5.69 Å². The largest absolute Gasteiger partial charge is 0.497 e. The minimum Gasteiger partial charge on any atom is -0.497 e. The summed E-state index contributed by atoms with van der Waals surface area (Å²) in [5.74, 6) is 1.50. The van der Waals surface area contributed by atoms with E-state index in [1.807, 2.05) is 55.5 Å². The van der Waals surface area contributed by atoms with Gasteiger partial charge in [-0.25, -0.2) is 9.89 Å². The van der Waals surface area contributed by atoms with Crippen LogP contribution in [0.5, 0.6) is 5.75 Å². The molecule has 0 bridgehead atoms. The van der Waals surface area contributed by atoms with E-state index in [-0.39, 0.29) is 11.8 Å². The molecule has 2 aromatic rings. The Hall–Kier alpha value is -3.13. The highest BCUT2D eigenvalue weighted by atomic mass is 32.2. The standard InChI is InChI=1S/C25H28N4O3S/c1-15(2)12-21-24(31)29-22(27-21)19-10-5-6-11-20(19)28-25(29)33-16(3)23(30)26-14-17-8-7-9-18(13-17)32-4/h5-11,13,15-16,21H,12,14H2,1-4H3,(H,26,30). The zero-order valence-electron chi connectivity index (χ0n) is 19.2. The lowest BCUT2D eigenvalue weighted by molar-refractivity contribution is -0.125. The molecule has 0 saturated carbocycles. The molecule has 2 unspecified atom stereocenters. The molecule has 0 saturated heterocycles. The first-order valence-corrected chi connectivity index (χ1v) is 11.9. The third kappa shape index (κ3) is 4.95. The summed E-state index contributed by atoms with van der Waals surface area (Å²) in [6, 6.07) is 14.8. The maximum absolute atomic E-state index is 13.2. The summed E-state index contributed by atoms with van der Waals surface area (Å²) in [5, 5.41) is 3.01. The van der Waals surface area contributed by atoms with Crippen LogP contribution < -0.4 is 10.1 Å². The van der Waals surface area contributed by atoms with Gasteiger partial charge in [0.1, 0.15) is 17.6 Å². The number of fused-ring (bicyclic) bond motifs is 3. The fraction of sp³-hybridized carbons (Fsp3) is 0.360. The van der Waals surface area contributed by atoms with Gasteiger partial charge in [0.15, 0.2) is 5.17 Å². The number of carbonyl (C=O) groups is 2. The van der Waals surface area contributed by atoms with Crippen LogP contribution in [0.1, 0.15) is 38.3 Å². The van der Waals surface area contributed by atoms with Crippen molar-refractivity contribution in [1.29, 1.82) is 0 Å². The second-order valence-electron chi connectivity index (χ2n) is 8.51. The lowest BCUT2D eigenvalue weighted by Gasteiger charge is -2.27. The van der Waals surface area contributed by atoms with E-state index in [1.54, 1.807) is 12.0 Å². The Morgan fingerprint density at radius 1 is 1.18 bits per heavy atom. The summed E-state index contributed by atoms with van der Waals surface area (Å²) >= 11 is 1.27. The van der Waals surface area contributed by atoms with Crippen LogP contribution in [0.25, 0.3) is 0 Å². The number of para-hydroxylation sites is 1. The molecule has 0 radical (unpaired) electrons. The average Bonchev–Trinajstić information content (AvgIpc) is 3.13. The molecule has 4 rings (SSSR count). The van der Waals surface area contributed by atoms with Crippen molar-refractivity contribution in [2.75, 3.05) is 7.11 Å². The molecule has 1 N–H and O–H groups in total. The molecule has 2 atom stereocenters. The van der Waals surface area contributed by atoms with Crippen LogP contribution in [0.3, 0.4) is 0 Å². The van der Waals surface area contributed by atoms with Crippen LogP contribution in [0.15, 0.2) is 58.5 Å². The van der Waals surface area contributed by atoms with Crippen LogP contribution >= 0.6 is 11.8 Å². The number of amides is 2. The van der Waals surface area contributed by atoms with Crippen molar-refractivity contribution in [2.45, 2.75) is 45.0 Å². The summed E-state index contributed by atoms with van der Waals surface area (Å²) in [7, 11) is 1.61. The minimum absolute atomic E-state index is 0.0801. The number of methoxy groups -OCH3 is 1. The van der Waals surface area contributed by atoms with Crippen molar-refractivity contribution in [1.82, 2.24) is 10.2 Å². The maximum atomic E-state index is 13.2. The number of hydrogen-bond donors (Lipinski definition) is 1. The highest BCUT2D eigenvalue weighted by Gasteiger charge is 2.42. The van der Waals surface area contributed by atoms with Gasteiger partial charge >= 0.3 is 0 Å². The third-order valence-electron chi connectivity index (χ3n) is 5.49. The fourth-order valence-electron chi connectivity index (χ4n) is 3.81. The second kappa shape index (κ2) is 9.79. The molecule has 2 heterocycles. The van der Waals surface area contributed by atoms with Crippen LogP contribution in [0, 0.1) is 5.92 Å². The van der Waals surface area contributed by atoms with Gasteiger partial charge in [-0.1, -0.05) is 49.9 Å². The van der Waals surface area contributed by atoms with Crippen LogP contribution in [0.2, 0.25) is 0 Å². The number of nitrogens with one attached hydrogen (secondary N) is 1. The zero-order chi connectivity index (χ0) is 23.5. The fourth-order valence-corrected chi connectivity index (χ4v) is 4.75. The number of hydrogen-bond acceptors (Lipinski definition) is 6. The van der Waals surface area contributed by atoms with Gasteiger partial charge in [-0.15, -0.1) is 0 Å². The summed E-state index contributed by atoms with van der Waals surface area (Å²) in [6.45, 7) is 6.37. The molecule has 33 heavy (non-hydrogen) atoms. The molecular formula is C25H28N4O3S. The van der Waals surface area contributed by atoms with Crippen molar-refractivity contribution in [3.05, 3.63) is 59.7 Å². The zero-order valence-corrected chi connectivity index (χ0v) is 20.1. The maximum Gasteiger partial charge on any atom is 0.259 e. The second-order valence-corrected chi connectivity index (χ2v) is 9.82. The first kappa shape index (κ1) is 23.0. The number of nitrogens with zero attached hydrogens (tertiary/aromatic N) is 3. The molecule has 7 nitrogen and oxygen atoms in total. The highest BCUT2D eigenvalue weighted by molar-refractivity contribution is 8.15. The number of thioether (sulfide) groups is 1. The molecule has 2 aliphatic heterocycles.